The highest BCUT2D eigenvalue weighted by molar-refractivity contribution is 7.09. The van der Waals surface area contributed by atoms with Gasteiger partial charge in [0.2, 0.25) is 0 Å². The molecular weight excluding hydrogens is 258 g/mol. The Kier molecular flexibility index (Phi) is 3.25. The predicted molar refractivity (Wildman–Crippen MR) is 76.6 cm³/mol. The van der Waals surface area contributed by atoms with Gasteiger partial charge in [-0.3, -0.25) is 4.79 Å². The van der Waals surface area contributed by atoms with Crippen LogP contribution in [0.3, 0.4) is 0 Å². The second-order valence-electron chi connectivity index (χ2n) is 4.83. The maximum absolute atomic E-state index is 11.3. The molecule has 1 unspecified atom stereocenters. The Hall–Kier alpha value is -1.81. The molecule has 0 bridgehead atoms. The molecule has 1 atom stereocenters. The van der Waals surface area contributed by atoms with Gasteiger partial charge in [-0.2, -0.15) is 0 Å². The van der Waals surface area contributed by atoms with Crippen LogP contribution in [0.15, 0.2) is 41.8 Å². The van der Waals surface area contributed by atoms with Crippen LogP contribution in [0, 0.1) is 5.92 Å². The van der Waals surface area contributed by atoms with Crippen molar-refractivity contribution in [1.29, 1.82) is 0 Å². The van der Waals surface area contributed by atoms with Gasteiger partial charge in [0.1, 0.15) is 0 Å². The first kappa shape index (κ1) is 12.2. The summed E-state index contributed by atoms with van der Waals surface area (Å²) in [6, 6.07) is 12.2. The number of thiophene rings is 1. The molecule has 3 nitrogen and oxygen atoms in total. The molecule has 0 aliphatic carbocycles. The van der Waals surface area contributed by atoms with E-state index in [1.807, 2.05) is 24.3 Å². The van der Waals surface area contributed by atoms with Crippen molar-refractivity contribution in [1.82, 2.24) is 0 Å². The number of nitrogens with zero attached hydrogens (tertiary/aromatic N) is 1. The van der Waals surface area contributed by atoms with Crippen LogP contribution in [0.2, 0.25) is 0 Å². The second-order valence-corrected chi connectivity index (χ2v) is 5.86. The third-order valence-corrected chi connectivity index (χ3v) is 4.38. The highest BCUT2D eigenvalue weighted by Crippen LogP contribution is 2.31. The number of anilines is 1. The molecule has 0 saturated carbocycles. The number of carboxylic acids is 1. The Morgan fingerprint density at radius 1 is 1.32 bits per heavy atom. The van der Waals surface area contributed by atoms with Crippen LogP contribution in [-0.4, -0.2) is 17.6 Å². The van der Waals surface area contributed by atoms with Crippen LogP contribution in [0.5, 0.6) is 0 Å². The summed E-state index contributed by atoms with van der Waals surface area (Å²) in [4.78, 5) is 14.7. The van der Waals surface area contributed by atoms with Crippen molar-refractivity contribution < 1.29 is 9.90 Å². The fraction of sp³-hybridized carbons (Fsp3) is 0.267. The van der Waals surface area contributed by atoms with E-state index in [2.05, 4.69) is 22.4 Å². The molecule has 0 amide bonds. The van der Waals surface area contributed by atoms with E-state index in [1.165, 1.54) is 10.6 Å². The third kappa shape index (κ3) is 2.49. The summed E-state index contributed by atoms with van der Waals surface area (Å²) in [5, 5.41) is 11.3. The van der Waals surface area contributed by atoms with Crippen molar-refractivity contribution in [3.63, 3.8) is 0 Å². The summed E-state index contributed by atoms with van der Waals surface area (Å²) in [7, 11) is 0. The maximum atomic E-state index is 11.3. The monoisotopic (exact) mass is 273 g/mol. The minimum atomic E-state index is -0.703. The Labute approximate surface area is 116 Å². The second kappa shape index (κ2) is 5.05. The number of carboxylic acid groups (broad SMARTS) is 1. The van der Waals surface area contributed by atoms with Crippen LogP contribution in [0.25, 0.3) is 0 Å². The minimum absolute atomic E-state index is 0.310. The normalized spacial score (nSPS) is 18.1. The molecule has 0 spiro atoms. The zero-order valence-electron chi connectivity index (χ0n) is 10.5. The van der Waals surface area contributed by atoms with E-state index in [4.69, 9.17) is 0 Å². The lowest BCUT2D eigenvalue weighted by Gasteiger charge is -2.34. The van der Waals surface area contributed by atoms with Gasteiger partial charge in [-0.15, -0.1) is 11.3 Å². The number of fused-ring (bicyclic) bond motifs is 1. The Morgan fingerprint density at radius 3 is 2.89 bits per heavy atom. The topological polar surface area (TPSA) is 40.5 Å². The van der Waals surface area contributed by atoms with Gasteiger partial charge in [-0.25, -0.2) is 0 Å². The Morgan fingerprint density at radius 2 is 2.16 bits per heavy atom. The van der Waals surface area contributed by atoms with E-state index in [0.717, 1.165) is 12.1 Å². The van der Waals surface area contributed by atoms with Crippen LogP contribution in [0.1, 0.15) is 10.4 Å². The molecule has 1 aliphatic rings. The fourth-order valence-corrected chi connectivity index (χ4v) is 3.31. The molecule has 2 aromatic rings. The molecule has 3 rings (SSSR count). The van der Waals surface area contributed by atoms with Crippen molar-refractivity contribution >= 4 is 23.0 Å². The molecule has 0 fully saturated rings. The van der Waals surface area contributed by atoms with E-state index >= 15 is 0 Å². The summed E-state index contributed by atoms with van der Waals surface area (Å²) in [6.07, 6.45) is 0.631. The van der Waals surface area contributed by atoms with Crippen LogP contribution >= 0.6 is 11.3 Å². The van der Waals surface area contributed by atoms with Gasteiger partial charge in [0.25, 0.3) is 0 Å². The first-order valence-corrected chi connectivity index (χ1v) is 7.20. The van der Waals surface area contributed by atoms with E-state index in [9.17, 15) is 9.90 Å². The lowest BCUT2D eigenvalue weighted by Crippen LogP contribution is -2.38. The standard InChI is InChI=1S/C15H15NO2S/c17-15(18)12-8-11-4-1-2-6-14(11)16(9-12)10-13-5-3-7-19-13/h1-7,12H,8-10H2,(H,17,18). The Bertz CT molecular complexity index is 580. The van der Waals surface area contributed by atoms with E-state index in [1.54, 1.807) is 11.3 Å². The molecular formula is C15H15NO2S. The molecule has 19 heavy (non-hydrogen) atoms. The average molecular weight is 273 g/mol. The lowest BCUT2D eigenvalue weighted by molar-refractivity contribution is -0.141. The molecule has 1 aromatic heterocycles. The van der Waals surface area contributed by atoms with Crippen LogP contribution in [0.4, 0.5) is 5.69 Å². The zero-order chi connectivity index (χ0) is 13.2. The first-order valence-electron chi connectivity index (χ1n) is 6.32. The van der Waals surface area contributed by atoms with Crippen molar-refractivity contribution in [3.05, 3.63) is 52.2 Å². The summed E-state index contributed by atoms with van der Waals surface area (Å²) in [5.74, 6) is -1.01. The summed E-state index contributed by atoms with van der Waals surface area (Å²) in [5.41, 5.74) is 2.31. The molecule has 2 heterocycles. The molecule has 98 valence electrons. The first-order chi connectivity index (χ1) is 9.24. The number of para-hydroxylation sites is 1. The molecule has 1 N–H and O–H groups in total. The molecule has 1 aliphatic heterocycles. The van der Waals surface area contributed by atoms with Gasteiger partial charge in [0.15, 0.2) is 0 Å². The number of hydrogen-bond donors (Lipinski definition) is 1. The summed E-state index contributed by atoms with van der Waals surface area (Å²) >= 11 is 1.71. The third-order valence-electron chi connectivity index (χ3n) is 3.52. The van der Waals surface area contributed by atoms with Gasteiger partial charge < -0.3 is 10.0 Å². The maximum Gasteiger partial charge on any atom is 0.308 e. The van der Waals surface area contributed by atoms with Crippen molar-refractivity contribution in [2.45, 2.75) is 13.0 Å². The number of benzene rings is 1. The summed E-state index contributed by atoms with van der Waals surface area (Å²) < 4.78 is 0. The highest BCUT2D eigenvalue weighted by Gasteiger charge is 2.28. The number of aliphatic carboxylic acids is 1. The average Bonchev–Trinajstić information content (AvgIpc) is 2.91. The van der Waals surface area contributed by atoms with E-state index in [0.29, 0.717) is 13.0 Å². The van der Waals surface area contributed by atoms with Crippen molar-refractivity contribution in [2.24, 2.45) is 5.92 Å². The highest BCUT2D eigenvalue weighted by atomic mass is 32.1. The minimum Gasteiger partial charge on any atom is -0.481 e. The van der Waals surface area contributed by atoms with E-state index < -0.39 is 5.97 Å². The van der Waals surface area contributed by atoms with Gasteiger partial charge in [0.05, 0.1) is 12.5 Å². The summed E-state index contributed by atoms with van der Waals surface area (Å²) in [6.45, 7) is 1.38. The molecule has 0 saturated heterocycles. The van der Waals surface area contributed by atoms with E-state index in [-0.39, 0.29) is 5.92 Å². The molecule has 0 radical (unpaired) electrons. The SMILES string of the molecule is O=C(O)C1Cc2ccccc2N(Cc2cccs2)C1. The largest absolute Gasteiger partial charge is 0.481 e. The molecule has 4 heteroatoms. The number of carbonyl (C=O) groups is 1. The van der Waals surface area contributed by atoms with Gasteiger partial charge in [0, 0.05) is 17.1 Å². The van der Waals surface area contributed by atoms with Crippen molar-refractivity contribution in [3.8, 4) is 0 Å². The smallest absolute Gasteiger partial charge is 0.308 e. The molecule has 1 aromatic carbocycles. The number of hydrogen-bond acceptors (Lipinski definition) is 3. The quantitative estimate of drug-likeness (QED) is 0.934. The van der Waals surface area contributed by atoms with Gasteiger partial charge in [-0.05, 0) is 29.5 Å². The Balaban J connectivity index is 1.91. The lowest BCUT2D eigenvalue weighted by atomic mass is 9.92. The number of rotatable bonds is 3. The van der Waals surface area contributed by atoms with Crippen LogP contribution < -0.4 is 4.90 Å². The van der Waals surface area contributed by atoms with Crippen molar-refractivity contribution in [2.75, 3.05) is 11.4 Å². The fourth-order valence-electron chi connectivity index (χ4n) is 2.59. The van der Waals surface area contributed by atoms with Crippen LogP contribution in [-0.2, 0) is 17.8 Å². The predicted octanol–water partition coefficient (Wildman–Crippen LogP) is 3.01. The zero-order valence-corrected chi connectivity index (χ0v) is 11.3. The van der Waals surface area contributed by atoms with Gasteiger partial charge in [-0.1, -0.05) is 24.3 Å². The van der Waals surface area contributed by atoms with Gasteiger partial charge >= 0.3 is 5.97 Å².